The number of nitrogen functional groups attached to an aromatic ring is 1. The SMILES string of the molecule is COc1ccc(CCc2cnc(N)[nH]c2=O)cc1. The van der Waals surface area contributed by atoms with Crippen LogP contribution >= 0.6 is 0 Å². The molecule has 0 saturated heterocycles. The molecule has 1 aromatic carbocycles. The van der Waals surface area contributed by atoms with E-state index in [2.05, 4.69) is 9.97 Å². The number of ether oxygens (including phenoxy) is 1. The monoisotopic (exact) mass is 245 g/mol. The van der Waals surface area contributed by atoms with E-state index in [-0.39, 0.29) is 11.5 Å². The third-order valence-corrected chi connectivity index (χ3v) is 2.73. The van der Waals surface area contributed by atoms with Crippen molar-refractivity contribution >= 4 is 5.95 Å². The van der Waals surface area contributed by atoms with Crippen LogP contribution in [0.15, 0.2) is 35.3 Å². The molecule has 1 aromatic heterocycles. The minimum Gasteiger partial charge on any atom is -0.497 e. The zero-order valence-corrected chi connectivity index (χ0v) is 10.1. The number of aromatic amines is 1. The van der Waals surface area contributed by atoms with Crippen molar-refractivity contribution in [1.29, 1.82) is 0 Å². The highest BCUT2D eigenvalue weighted by atomic mass is 16.5. The second-order valence-corrected chi connectivity index (χ2v) is 3.97. The Kier molecular flexibility index (Phi) is 3.62. The summed E-state index contributed by atoms with van der Waals surface area (Å²) in [5, 5.41) is 0. The molecule has 0 amide bonds. The van der Waals surface area contributed by atoms with E-state index in [1.54, 1.807) is 7.11 Å². The van der Waals surface area contributed by atoms with Crippen LogP contribution in [0.2, 0.25) is 0 Å². The molecule has 0 aliphatic heterocycles. The van der Waals surface area contributed by atoms with Gasteiger partial charge in [0.25, 0.3) is 5.56 Å². The lowest BCUT2D eigenvalue weighted by atomic mass is 10.1. The highest BCUT2D eigenvalue weighted by Crippen LogP contribution is 2.12. The van der Waals surface area contributed by atoms with Crippen LogP contribution in [0.1, 0.15) is 11.1 Å². The summed E-state index contributed by atoms with van der Waals surface area (Å²) in [4.78, 5) is 17.9. The summed E-state index contributed by atoms with van der Waals surface area (Å²) in [5.41, 5.74) is 7.00. The molecule has 0 aliphatic rings. The van der Waals surface area contributed by atoms with Crippen molar-refractivity contribution in [3.8, 4) is 5.75 Å². The van der Waals surface area contributed by atoms with Gasteiger partial charge in [0.2, 0.25) is 0 Å². The highest BCUT2D eigenvalue weighted by Gasteiger charge is 2.02. The van der Waals surface area contributed by atoms with E-state index in [0.717, 1.165) is 17.7 Å². The van der Waals surface area contributed by atoms with Crippen LogP contribution < -0.4 is 16.0 Å². The summed E-state index contributed by atoms with van der Waals surface area (Å²) in [6.07, 6.45) is 2.94. The zero-order valence-electron chi connectivity index (χ0n) is 10.1. The van der Waals surface area contributed by atoms with Crippen LogP contribution in [-0.4, -0.2) is 17.1 Å². The fraction of sp³-hybridized carbons (Fsp3) is 0.231. The van der Waals surface area contributed by atoms with Gasteiger partial charge < -0.3 is 10.5 Å². The molecule has 3 N–H and O–H groups in total. The largest absolute Gasteiger partial charge is 0.497 e. The molecule has 18 heavy (non-hydrogen) atoms. The first-order valence-electron chi connectivity index (χ1n) is 5.65. The van der Waals surface area contributed by atoms with Gasteiger partial charge in [-0.2, -0.15) is 0 Å². The number of H-pyrrole nitrogens is 1. The number of hydrogen-bond donors (Lipinski definition) is 2. The molecular formula is C13H15N3O2. The Labute approximate surface area is 105 Å². The minimum atomic E-state index is -0.170. The van der Waals surface area contributed by atoms with Crippen LogP contribution in [0.5, 0.6) is 5.75 Å². The standard InChI is InChI=1S/C13H15N3O2/c1-18-11-6-3-9(4-7-11)2-5-10-8-15-13(14)16-12(10)17/h3-4,6-8H,2,5H2,1H3,(H3,14,15,16,17). The number of nitrogens with one attached hydrogen (secondary N) is 1. The van der Waals surface area contributed by atoms with Gasteiger partial charge in [0, 0.05) is 11.8 Å². The maximum Gasteiger partial charge on any atom is 0.255 e. The Balaban J connectivity index is 2.04. The number of aryl methyl sites for hydroxylation is 2. The van der Waals surface area contributed by atoms with Crippen molar-refractivity contribution in [2.45, 2.75) is 12.8 Å². The summed E-state index contributed by atoms with van der Waals surface area (Å²) in [7, 11) is 1.63. The molecule has 5 heteroatoms. The second kappa shape index (κ2) is 5.35. The lowest BCUT2D eigenvalue weighted by Crippen LogP contribution is -2.16. The summed E-state index contributed by atoms with van der Waals surface area (Å²) in [6.45, 7) is 0. The number of benzene rings is 1. The van der Waals surface area contributed by atoms with Crippen molar-refractivity contribution in [2.75, 3.05) is 12.8 Å². The lowest BCUT2D eigenvalue weighted by molar-refractivity contribution is 0.414. The third-order valence-electron chi connectivity index (χ3n) is 2.73. The Morgan fingerprint density at radius 2 is 2.00 bits per heavy atom. The van der Waals surface area contributed by atoms with Crippen LogP contribution in [0.25, 0.3) is 0 Å². The molecule has 0 unspecified atom stereocenters. The van der Waals surface area contributed by atoms with Gasteiger partial charge >= 0.3 is 0 Å². The second-order valence-electron chi connectivity index (χ2n) is 3.97. The van der Waals surface area contributed by atoms with Crippen LogP contribution in [-0.2, 0) is 12.8 Å². The Morgan fingerprint density at radius 3 is 2.61 bits per heavy atom. The number of methoxy groups -OCH3 is 1. The molecule has 0 fully saturated rings. The fourth-order valence-corrected chi connectivity index (χ4v) is 1.68. The van der Waals surface area contributed by atoms with E-state index >= 15 is 0 Å². The van der Waals surface area contributed by atoms with E-state index in [9.17, 15) is 4.79 Å². The number of aromatic nitrogens is 2. The normalized spacial score (nSPS) is 10.3. The van der Waals surface area contributed by atoms with Crippen molar-refractivity contribution in [1.82, 2.24) is 9.97 Å². The van der Waals surface area contributed by atoms with Crippen molar-refractivity contribution < 1.29 is 4.74 Å². The molecule has 0 spiro atoms. The van der Waals surface area contributed by atoms with Crippen molar-refractivity contribution in [3.63, 3.8) is 0 Å². The van der Waals surface area contributed by atoms with Crippen LogP contribution in [0.4, 0.5) is 5.95 Å². The summed E-state index contributed by atoms with van der Waals surface area (Å²) < 4.78 is 5.09. The van der Waals surface area contributed by atoms with Gasteiger partial charge in [-0.1, -0.05) is 12.1 Å². The summed E-state index contributed by atoms with van der Waals surface area (Å²) in [5.74, 6) is 0.971. The summed E-state index contributed by atoms with van der Waals surface area (Å²) >= 11 is 0. The van der Waals surface area contributed by atoms with Gasteiger partial charge in [-0.25, -0.2) is 4.98 Å². The number of nitrogens with zero attached hydrogens (tertiary/aromatic N) is 1. The number of rotatable bonds is 4. The fourth-order valence-electron chi connectivity index (χ4n) is 1.68. The molecular weight excluding hydrogens is 230 g/mol. The molecule has 1 heterocycles. The number of hydrogen-bond acceptors (Lipinski definition) is 4. The Morgan fingerprint density at radius 1 is 1.28 bits per heavy atom. The van der Waals surface area contributed by atoms with Gasteiger partial charge in [-0.15, -0.1) is 0 Å². The van der Waals surface area contributed by atoms with E-state index in [4.69, 9.17) is 10.5 Å². The highest BCUT2D eigenvalue weighted by molar-refractivity contribution is 5.28. The molecule has 0 aliphatic carbocycles. The third kappa shape index (κ3) is 2.88. The molecule has 0 atom stereocenters. The maximum atomic E-state index is 11.6. The first kappa shape index (κ1) is 12.2. The molecule has 94 valence electrons. The molecule has 0 radical (unpaired) electrons. The van der Waals surface area contributed by atoms with Gasteiger partial charge in [-0.05, 0) is 30.5 Å². The van der Waals surface area contributed by atoms with E-state index in [1.807, 2.05) is 24.3 Å². The smallest absolute Gasteiger partial charge is 0.255 e. The predicted octanol–water partition coefficient (Wildman–Crippen LogP) is 1.15. The topological polar surface area (TPSA) is 81.0 Å². The average Bonchev–Trinajstić information content (AvgIpc) is 2.38. The van der Waals surface area contributed by atoms with Gasteiger partial charge in [0.15, 0.2) is 5.95 Å². The van der Waals surface area contributed by atoms with Crippen LogP contribution in [0.3, 0.4) is 0 Å². The van der Waals surface area contributed by atoms with E-state index in [0.29, 0.717) is 12.0 Å². The van der Waals surface area contributed by atoms with Gasteiger partial charge in [0.05, 0.1) is 7.11 Å². The number of nitrogens with two attached hydrogens (primary N) is 1. The maximum absolute atomic E-state index is 11.6. The zero-order chi connectivity index (χ0) is 13.0. The number of anilines is 1. The molecule has 2 aromatic rings. The Bertz CT molecular complexity index is 576. The lowest BCUT2D eigenvalue weighted by Gasteiger charge is -2.03. The first-order chi connectivity index (χ1) is 8.69. The van der Waals surface area contributed by atoms with Gasteiger partial charge in [0.1, 0.15) is 5.75 Å². The van der Waals surface area contributed by atoms with Crippen molar-refractivity contribution in [2.24, 2.45) is 0 Å². The molecule has 0 bridgehead atoms. The van der Waals surface area contributed by atoms with Gasteiger partial charge in [-0.3, -0.25) is 9.78 Å². The summed E-state index contributed by atoms with van der Waals surface area (Å²) in [6, 6.07) is 7.77. The van der Waals surface area contributed by atoms with E-state index < -0.39 is 0 Å². The van der Waals surface area contributed by atoms with Crippen LogP contribution in [0, 0.1) is 0 Å². The molecule has 2 rings (SSSR count). The molecule has 0 saturated carbocycles. The first-order valence-corrected chi connectivity index (χ1v) is 5.65. The average molecular weight is 245 g/mol. The quantitative estimate of drug-likeness (QED) is 0.846. The van der Waals surface area contributed by atoms with E-state index in [1.165, 1.54) is 6.20 Å². The Hall–Kier alpha value is -2.30. The van der Waals surface area contributed by atoms with Crippen molar-refractivity contribution in [3.05, 3.63) is 51.9 Å². The molecule has 5 nitrogen and oxygen atoms in total. The predicted molar refractivity (Wildman–Crippen MR) is 69.7 cm³/mol. The minimum absolute atomic E-state index is 0.146.